The summed E-state index contributed by atoms with van der Waals surface area (Å²) in [5, 5.41) is 0. The number of rotatable bonds is 3. The lowest BCUT2D eigenvalue weighted by molar-refractivity contribution is -0.129. The van der Waals surface area contributed by atoms with Crippen molar-refractivity contribution in [3.63, 3.8) is 0 Å². The average Bonchev–Trinajstić information content (AvgIpc) is 1.87. The van der Waals surface area contributed by atoms with E-state index in [2.05, 4.69) is 20.8 Å². The van der Waals surface area contributed by atoms with Gasteiger partial charge in [-0.25, -0.2) is 0 Å². The molecule has 0 saturated heterocycles. The lowest BCUT2D eigenvalue weighted by Crippen LogP contribution is -2.24. The highest BCUT2D eigenvalue weighted by atomic mass is 16.2. The quantitative estimate of drug-likeness (QED) is 0.611. The van der Waals surface area contributed by atoms with Crippen molar-refractivity contribution >= 4 is 5.91 Å². The van der Waals surface area contributed by atoms with Gasteiger partial charge < -0.3 is 4.90 Å². The first-order chi connectivity index (χ1) is 4.95. The fourth-order valence-electron chi connectivity index (χ4n) is 0.694. The first kappa shape index (κ1) is 10.5. The second-order valence-corrected chi connectivity index (χ2v) is 3.71. The van der Waals surface area contributed by atoms with Gasteiger partial charge >= 0.3 is 0 Å². The number of hydrogen-bond acceptors (Lipinski definition) is 1. The summed E-state index contributed by atoms with van der Waals surface area (Å²) >= 11 is 0. The molecule has 0 aromatic heterocycles. The van der Waals surface area contributed by atoms with E-state index in [1.807, 2.05) is 0 Å². The van der Waals surface area contributed by atoms with Crippen LogP contribution in [0.5, 0.6) is 0 Å². The Balaban J connectivity index is 3.76. The molecule has 0 N–H and O–H groups in total. The van der Waals surface area contributed by atoms with Gasteiger partial charge in [-0.2, -0.15) is 0 Å². The van der Waals surface area contributed by atoms with E-state index in [-0.39, 0.29) is 5.91 Å². The summed E-state index contributed by atoms with van der Waals surface area (Å²) in [6.07, 6.45) is 0.671. The minimum atomic E-state index is 0.228. The third kappa shape index (κ3) is 4.02. The summed E-state index contributed by atoms with van der Waals surface area (Å²) in [5.41, 5.74) is 0. The molecular weight excluding hydrogens is 138 g/mol. The molecule has 0 aliphatic heterocycles. The predicted octanol–water partition coefficient (Wildman–Crippen LogP) is 1.76. The van der Waals surface area contributed by atoms with E-state index in [0.717, 1.165) is 0 Å². The van der Waals surface area contributed by atoms with Crippen molar-refractivity contribution in [1.29, 1.82) is 0 Å². The van der Waals surface area contributed by atoms with Crippen molar-refractivity contribution in [3.05, 3.63) is 0 Å². The number of nitrogens with zero attached hydrogens (tertiary/aromatic N) is 1. The summed E-state index contributed by atoms with van der Waals surface area (Å²) < 4.78 is 0. The maximum absolute atomic E-state index is 11.2. The van der Waals surface area contributed by atoms with Gasteiger partial charge in [0.1, 0.15) is 0 Å². The summed E-state index contributed by atoms with van der Waals surface area (Å²) in [5.74, 6) is 1.31. The van der Waals surface area contributed by atoms with Crippen molar-refractivity contribution in [2.24, 2.45) is 11.8 Å². The molecule has 0 fully saturated rings. The lowest BCUT2D eigenvalue weighted by atomic mass is 9.94. The van der Waals surface area contributed by atoms with Crippen LogP contribution in [0.3, 0.4) is 0 Å². The molecule has 0 aromatic rings. The third-order valence-corrected chi connectivity index (χ3v) is 2.13. The lowest BCUT2D eigenvalue weighted by Gasteiger charge is -2.17. The Kier molecular flexibility index (Phi) is 4.16. The maximum Gasteiger partial charge on any atom is 0.222 e. The molecule has 1 amide bonds. The normalized spacial score (nSPS) is 13.3. The van der Waals surface area contributed by atoms with Gasteiger partial charge in [0.25, 0.3) is 0 Å². The zero-order valence-corrected chi connectivity index (χ0v) is 8.22. The highest BCUT2D eigenvalue weighted by Crippen LogP contribution is 2.14. The van der Waals surface area contributed by atoms with Gasteiger partial charge in [0.2, 0.25) is 5.91 Å². The van der Waals surface area contributed by atoms with Crippen LogP contribution in [0, 0.1) is 11.8 Å². The number of hydrogen-bond donors (Lipinski definition) is 0. The molecule has 0 unspecified atom stereocenters. The fourth-order valence-corrected chi connectivity index (χ4v) is 0.694. The first-order valence-electron chi connectivity index (χ1n) is 4.15. The molecule has 0 spiro atoms. The molecule has 2 nitrogen and oxygen atoms in total. The zero-order valence-electron chi connectivity index (χ0n) is 8.22. The summed E-state index contributed by atoms with van der Waals surface area (Å²) in [6, 6.07) is 0. The molecule has 0 heterocycles. The van der Waals surface area contributed by atoms with E-state index in [9.17, 15) is 4.79 Å². The van der Waals surface area contributed by atoms with Crippen molar-refractivity contribution < 1.29 is 4.79 Å². The fraction of sp³-hybridized carbons (Fsp3) is 0.889. The van der Waals surface area contributed by atoms with Crippen molar-refractivity contribution in [2.75, 3.05) is 14.1 Å². The molecule has 11 heavy (non-hydrogen) atoms. The number of amides is 1. The molecule has 0 radical (unpaired) electrons. The van der Waals surface area contributed by atoms with Crippen LogP contribution in [0.1, 0.15) is 27.2 Å². The van der Waals surface area contributed by atoms with Gasteiger partial charge in [0.15, 0.2) is 0 Å². The molecule has 0 rings (SSSR count). The van der Waals surface area contributed by atoms with E-state index < -0.39 is 0 Å². The zero-order chi connectivity index (χ0) is 9.02. The molecule has 0 bridgehead atoms. The van der Waals surface area contributed by atoms with Crippen LogP contribution in [-0.4, -0.2) is 24.9 Å². The largest absolute Gasteiger partial charge is 0.349 e. The molecule has 0 aromatic carbocycles. The maximum atomic E-state index is 11.2. The van der Waals surface area contributed by atoms with E-state index in [1.165, 1.54) is 0 Å². The Hall–Kier alpha value is -0.530. The van der Waals surface area contributed by atoms with E-state index in [1.54, 1.807) is 19.0 Å². The summed E-state index contributed by atoms with van der Waals surface area (Å²) in [4.78, 5) is 12.8. The minimum Gasteiger partial charge on any atom is -0.349 e. The van der Waals surface area contributed by atoms with Gasteiger partial charge in [0, 0.05) is 20.5 Å². The monoisotopic (exact) mass is 157 g/mol. The molecule has 2 heteroatoms. The standard InChI is InChI=1S/C9H19NO/c1-7(2)8(3)6-9(11)10(4)5/h7-8H,6H2,1-5H3/t8-/m0/s1. The van der Waals surface area contributed by atoms with Crippen LogP contribution in [0.4, 0.5) is 0 Å². The van der Waals surface area contributed by atoms with Crippen LogP contribution in [-0.2, 0) is 4.79 Å². The topological polar surface area (TPSA) is 20.3 Å². The highest BCUT2D eigenvalue weighted by molar-refractivity contribution is 5.75. The van der Waals surface area contributed by atoms with Crippen molar-refractivity contribution in [2.45, 2.75) is 27.2 Å². The second kappa shape index (κ2) is 4.37. The second-order valence-electron chi connectivity index (χ2n) is 3.71. The molecule has 1 atom stereocenters. The van der Waals surface area contributed by atoms with E-state index >= 15 is 0 Å². The molecule has 0 aliphatic rings. The van der Waals surface area contributed by atoms with Crippen LogP contribution < -0.4 is 0 Å². The smallest absolute Gasteiger partial charge is 0.222 e. The minimum absolute atomic E-state index is 0.228. The molecule has 66 valence electrons. The SMILES string of the molecule is CC(C)[C@@H](C)CC(=O)N(C)C. The van der Waals surface area contributed by atoms with E-state index in [4.69, 9.17) is 0 Å². The Morgan fingerprint density at radius 1 is 1.27 bits per heavy atom. The Morgan fingerprint density at radius 3 is 2.00 bits per heavy atom. The van der Waals surface area contributed by atoms with Gasteiger partial charge in [-0.1, -0.05) is 20.8 Å². The van der Waals surface area contributed by atoms with Crippen LogP contribution in [0.25, 0.3) is 0 Å². The predicted molar refractivity (Wildman–Crippen MR) is 47.3 cm³/mol. The molecule has 0 saturated carbocycles. The first-order valence-corrected chi connectivity index (χ1v) is 4.15. The van der Waals surface area contributed by atoms with Gasteiger partial charge in [-0.3, -0.25) is 4.79 Å². The molecule has 0 aliphatic carbocycles. The van der Waals surface area contributed by atoms with Crippen LogP contribution in [0.2, 0.25) is 0 Å². The van der Waals surface area contributed by atoms with Gasteiger partial charge in [0.05, 0.1) is 0 Å². The van der Waals surface area contributed by atoms with Crippen molar-refractivity contribution in [1.82, 2.24) is 4.90 Å². The average molecular weight is 157 g/mol. The van der Waals surface area contributed by atoms with E-state index in [0.29, 0.717) is 18.3 Å². The number of carbonyl (C=O) groups excluding carboxylic acids is 1. The van der Waals surface area contributed by atoms with Crippen molar-refractivity contribution in [3.8, 4) is 0 Å². The van der Waals surface area contributed by atoms with Gasteiger partial charge in [-0.15, -0.1) is 0 Å². The Bertz CT molecular complexity index is 130. The Morgan fingerprint density at radius 2 is 1.73 bits per heavy atom. The van der Waals surface area contributed by atoms with Gasteiger partial charge in [-0.05, 0) is 11.8 Å². The third-order valence-electron chi connectivity index (χ3n) is 2.13. The molecular formula is C9H19NO. The number of carbonyl (C=O) groups is 1. The Labute approximate surface area is 69.6 Å². The van der Waals surface area contributed by atoms with Crippen LogP contribution in [0.15, 0.2) is 0 Å². The summed E-state index contributed by atoms with van der Waals surface area (Å²) in [6.45, 7) is 6.41. The highest BCUT2D eigenvalue weighted by Gasteiger charge is 2.13. The summed E-state index contributed by atoms with van der Waals surface area (Å²) in [7, 11) is 3.60. The van der Waals surface area contributed by atoms with Crippen LogP contribution >= 0.6 is 0 Å².